The lowest BCUT2D eigenvalue weighted by atomic mass is 9.94. The van der Waals surface area contributed by atoms with Gasteiger partial charge in [0.2, 0.25) is 0 Å². The second-order valence-corrected chi connectivity index (χ2v) is 4.93. The van der Waals surface area contributed by atoms with Crippen LogP contribution in [0.4, 0.5) is 0 Å². The monoisotopic (exact) mass is 230 g/mol. The van der Waals surface area contributed by atoms with E-state index in [-0.39, 0.29) is 6.04 Å². The van der Waals surface area contributed by atoms with Crippen molar-refractivity contribution in [1.82, 2.24) is 4.90 Å². The van der Waals surface area contributed by atoms with Gasteiger partial charge in [0.15, 0.2) is 0 Å². The Balaban J connectivity index is 1.91. The third-order valence-corrected chi connectivity index (χ3v) is 3.49. The molecule has 2 rings (SSSR count). The Kier molecular flexibility index (Phi) is 4.35. The summed E-state index contributed by atoms with van der Waals surface area (Å²) in [7, 11) is 0. The Morgan fingerprint density at radius 1 is 1.24 bits per heavy atom. The average molecular weight is 230 g/mol. The SMILES string of the molecule is CC(CN1CC=CCC1)C(N)c1ccccc1. The maximum atomic E-state index is 6.31. The van der Waals surface area contributed by atoms with Crippen molar-refractivity contribution >= 4 is 0 Å². The van der Waals surface area contributed by atoms with Crippen LogP contribution >= 0.6 is 0 Å². The second kappa shape index (κ2) is 5.99. The first-order valence-electron chi connectivity index (χ1n) is 6.45. The summed E-state index contributed by atoms with van der Waals surface area (Å²) in [5, 5.41) is 0. The standard InChI is InChI=1S/C15H22N2/c1-13(12-17-10-6-3-7-11-17)15(16)14-8-4-2-5-9-14/h2-6,8-9,13,15H,7,10-12,16H2,1H3. The smallest absolute Gasteiger partial charge is 0.0333 e. The molecule has 0 saturated carbocycles. The highest BCUT2D eigenvalue weighted by molar-refractivity contribution is 5.19. The Morgan fingerprint density at radius 3 is 2.65 bits per heavy atom. The molecule has 0 saturated heterocycles. The number of nitrogens with two attached hydrogens (primary N) is 1. The van der Waals surface area contributed by atoms with Gasteiger partial charge in [-0.15, -0.1) is 0 Å². The molecule has 1 aromatic rings. The molecule has 17 heavy (non-hydrogen) atoms. The molecule has 1 aromatic carbocycles. The number of rotatable bonds is 4. The van der Waals surface area contributed by atoms with Gasteiger partial charge in [-0.25, -0.2) is 0 Å². The Morgan fingerprint density at radius 2 is 2.00 bits per heavy atom. The number of nitrogens with zero attached hydrogens (tertiary/aromatic N) is 1. The molecule has 1 heterocycles. The van der Waals surface area contributed by atoms with Crippen molar-refractivity contribution in [3.05, 3.63) is 48.0 Å². The van der Waals surface area contributed by atoms with Gasteiger partial charge in [0, 0.05) is 25.7 Å². The van der Waals surface area contributed by atoms with E-state index >= 15 is 0 Å². The van der Waals surface area contributed by atoms with E-state index in [1.54, 1.807) is 0 Å². The minimum absolute atomic E-state index is 0.141. The predicted octanol–water partition coefficient (Wildman–Crippen LogP) is 2.58. The molecule has 2 atom stereocenters. The molecular weight excluding hydrogens is 208 g/mol. The van der Waals surface area contributed by atoms with E-state index < -0.39 is 0 Å². The zero-order valence-electron chi connectivity index (χ0n) is 10.5. The van der Waals surface area contributed by atoms with Crippen LogP contribution in [0.5, 0.6) is 0 Å². The molecule has 92 valence electrons. The molecular formula is C15H22N2. The summed E-state index contributed by atoms with van der Waals surface area (Å²) in [5.74, 6) is 0.490. The normalized spacial score (nSPS) is 20.1. The fourth-order valence-electron chi connectivity index (χ4n) is 2.38. The molecule has 2 heteroatoms. The van der Waals surface area contributed by atoms with E-state index in [4.69, 9.17) is 5.73 Å². The quantitative estimate of drug-likeness (QED) is 0.806. The topological polar surface area (TPSA) is 29.3 Å². The van der Waals surface area contributed by atoms with Crippen LogP contribution in [0, 0.1) is 5.92 Å². The zero-order chi connectivity index (χ0) is 12.1. The molecule has 0 fully saturated rings. The van der Waals surface area contributed by atoms with E-state index in [2.05, 4.69) is 48.2 Å². The predicted molar refractivity (Wildman–Crippen MR) is 72.7 cm³/mol. The minimum Gasteiger partial charge on any atom is -0.324 e. The number of benzene rings is 1. The summed E-state index contributed by atoms with van der Waals surface area (Å²) in [4.78, 5) is 2.48. The molecule has 1 aliphatic rings. The van der Waals surface area contributed by atoms with E-state index in [1.165, 1.54) is 18.5 Å². The van der Waals surface area contributed by atoms with Gasteiger partial charge >= 0.3 is 0 Å². The summed E-state index contributed by atoms with van der Waals surface area (Å²) >= 11 is 0. The van der Waals surface area contributed by atoms with Crippen LogP contribution in [0.3, 0.4) is 0 Å². The van der Waals surface area contributed by atoms with Gasteiger partial charge in [-0.3, -0.25) is 4.90 Å². The fraction of sp³-hybridized carbons (Fsp3) is 0.467. The molecule has 1 aliphatic heterocycles. The van der Waals surface area contributed by atoms with Crippen LogP contribution in [-0.4, -0.2) is 24.5 Å². The van der Waals surface area contributed by atoms with Crippen LogP contribution in [0.15, 0.2) is 42.5 Å². The molecule has 0 spiro atoms. The first-order valence-corrected chi connectivity index (χ1v) is 6.45. The van der Waals surface area contributed by atoms with Crippen LogP contribution in [0.25, 0.3) is 0 Å². The lowest BCUT2D eigenvalue weighted by Crippen LogP contribution is -2.35. The van der Waals surface area contributed by atoms with Gasteiger partial charge in [-0.1, -0.05) is 49.4 Å². The van der Waals surface area contributed by atoms with E-state index in [9.17, 15) is 0 Å². The second-order valence-electron chi connectivity index (χ2n) is 4.93. The highest BCUT2D eigenvalue weighted by atomic mass is 15.1. The average Bonchev–Trinajstić information content (AvgIpc) is 2.40. The highest BCUT2D eigenvalue weighted by Gasteiger charge is 2.18. The van der Waals surface area contributed by atoms with Crippen molar-refractivity contribution in [3.63, 3.8) is 0 Å². The fourth-order valence-corrected chi connectivity index (χ4v) is 2.38. The molecule has 0 aliphatic carbocycles. The maximum absolute atomic E-state index is 6.31. The van der Waals surface area contributed by atoms with Crippen LogP contribution in [0.1, 0.15) is 24.9 Å². The lowest BCUT2D eigenvalue weighted by molar-refractivity contribution is 0.239. The zero-order valence-corrected chi connectivity index (χ0v) is 10.5. The molecule has 0 amide bonds. The van der Waals surface area contributed by atoms with Crippen molar-refractivity contribution < 1.29 is 0 Å². The van der Waals surface area contributed by atoms with Crippen LogP contribution < -0.4 is 5.73 Å². The summed E-state index contributed by atoms with van der Waals surface area (Å²) < 4.78 is 0. The van der Waals surface area contributed by atoms with Crippen molar-refractivity contribution in [3.8, 4) is 0 Å². The first kappa shape index (κ1) is 12.3. The first-order chi connectivity index (χ1) is 8.27. The van der Waals surface area contributed by atoms with Gasteiger partial charge in [0.05, 0.1) is 0 Å². The van der Waals surface area contributed by atoms with Gasteiger partial charge in [0.25, 0.3) is 0 Å². The van der Waals surface area contributed by atoms with Gasteiger partial charge in [-0.05, 0) is 17.9 Å². The van der Waals surface area contributed by atoms with Crippen molar-refractivity contribution in [2.45, 2.75) is 19.4 Å². The lowest BCUT2D eigenvalue weighted by Gasteiger charge is -2.29. The summed E-state index contributed by atoms with van der Waals surface area (Å²) in [6, 6.07) is 10.5. The van der Waals surface area contributed by atoms with Crippen molar-refractivity contribution in [2.24, 2.45) is 11.7 Å². The van der Waals surface area contributed by atoms with Crippen molar-refractivity contribution in [2.75, 3.05) is 19.6 Å². The number of hydrogen-bond donors (Lipinski definition) is 1. The maximum Gasteiger partial charge on any atom is 0.0333 e. The molecule has 2 N–H and O–H groups in total. The van der Waals surface area contributed by atoms with E-state index in [0.717, 1.165) is 13.1 Å². The molecule has 2 nitrogen and oxygen atoms in total. The van der Waals surface area contributed by atoms with Crippen LogP contribution in [-0.2, 0) is 0 Å². The Labute approximate surface area is 104 Å². The highest BCUT2D eigenvalue weighted by Crippen LogP contribution is 2.20. The molecule has 0 bridgehead atoms. The van der Waals surface area contributed by atoms with Crippen LogP contribution in [0.2, 0.25) is 0 Å². The molecule has 0 radical (unpaired) electrons. The Bertz CT molecular complexity index is 358. The molecule has 2 unspecified atom stereocenters. The summed E-state index contributed by atoms with van der Waals surface area (Å²) in [5.41, 5.74) is 7.55. The van der Waals surface area contributed by atoms with Gasteiger partial charge in [0.1, 0.15) is 0 Å². The van der Waals surface area contributed by atoms with E-state index in [0.29, 0.717) is 5.92 Å². The summed E-state index contributed by atoms with van der Waals surface area (Å²) in [6.07, 6.45) is 5.69. The molecule has 0 aromatic heterocycles. The minimum atomic E-state index is 0.141. The summed E-state index contributed by atoms with van der Waals surface area (Å²) in [6.45, 7) is 5.57. The van der Waals surface area contributed by atoms with E-state index in [1.807, 2.05) is 6.07 Å². The number of hydrogen-bond acceptors (Lipinski definition) is 2. The Hall–Kier alpha value is -1.12. The van der Waals surface area contributed by atoms with Gasteiger partial charge < -0.3 is 5.73 Å². The van der Waals surface area contributed by atoms with Crippen molar-refractivity contribution in [1.29, 1.82) is 0 Å². The third-order valence-electron chi connectivity index (χ3n) is 3.49. The largest absolute Gasteiger partial charge is 0.324 e. The third kappa shape index (κ3) is 3.42. The van der Waals surface area contributed by atoms with Gasteiger partial charge in [-0.2, -0.15) is 0 Å².